The second-order valence-corrected chi connectivity index (χ2v) is 7.06. The van der Waals surface area contributed by atoms with Crippen molar-refractivity contribution in [2.75, 3.05) is 0 Å². The number of amides is 1. The molecular weight excluding hydrogens is 346 g/mol. The minimum Gasteiger partial charge on any atom is -0.487 e. The molecular formula is C22H24ClNO2. The molecule has 2 aromatic carbocycles. The molecule has 1 N–H and O–H groups in total. The molecule has 4 heteroatoms. The molecule has 1 aliphatic heterocycles. The summed E-state index contributed by atoms with van der Waals surface area (Å²) in [6.07, 6.45) is 5.86. The van der Waals surface area contributed by atoms with Crippen LogP contribution in [-0.2, 0) is 4.79 Å². The molecule has 1 atom stereocenters. The molecule has 0 fully saturated rings. The predicted octanol–water partition coefficient (Wildman–Crippen LogP) is 5.55. The lowest BCUT2D eigenvalue weighted by Gasteiger charge is -2.41. The third kappa shape index (κ3) is 3.94. The third-order valence-electron chi connectivity index (χ3n) is 5.12. The number of carbonyl (C=O) groups is 1. The molecule has 26 heavy (non-hydrogen) atoms. The molecule has 136 valence electrons. The minimum atomic E-state index is -0.237. The van der Waals surface area contributed by atoms with E-state index in [0.29, 0.717) is 5.02 Å². The fourth-order valence-electron chi connectivity index (χ4n) is 3.43. The molecule has 2 aromatic rings. The molecule has 3 rings (SSSR count). The normalized spacial score (nSPS) is 18.2. The van der Waals surface area contributed by atoms with Gasteiger partial charge < -0.3 is 10.1 Å². The van der Waals surface area contributed by atoms with E-state index in [0.717, 1.165) is 36.1 Å². The first-order valence-electron chi connectivity index (χ1n) is 9.08. The van der Waals surface area contributed by atoms with Crippen LogP contribution in [0.3, 0.4) is 0 Å². The zero-order valence-electron chi connectivity index (χ0n) is 15.2. The Morgan fingerprint density at radius 2 is 1.88 bits per heavy atom. The maximum atomic E-state index is 12.5. The van der Waals surface area contributed by atoms with E-state index in [4.69, 9.17) is 16.3 Å². The SMILES string of the molecule is CCC1(CC)C[C@H](NC(=O)/C=C/c2ccccc2Cl)c2ccccc2O1. The van der Waals surface area contributed by atoms with Gasteiger partial charge in [-0.1, -0.05) is 61.8 Å². The Morgan fingerprint density at radius 3 is 2.62 bits per heavy atom. The van der Waals surface area contributed by atoms with E-state index < -0.39 is 0 Å². The van der Waals surface area contributed by atoms with Gasteiger partial charge in [0.2, 0.25) is 5.91 Å². The van der Waals surface area contributed by atoms with E-state index in [1.165, 1.54) is 0 Å². The molecule has 0 saturated carbocycles. The van der Waals surface area contributed by atoms with Crippen LogP contribution < -0.4 is 10.1 Å². The van der Waals surface area contributed by atoms with Crippen LogP contribution in [0.15, 0.2) is 54.6 Å². The lowest BCUT2D eigenvalue weighted by atomic mass is 9.83. The smallest absolute Gasteiger partial charge is 0.244 e. The molecule has 1 aliphatic rings. The Balaban J connectivity index is 1.79. The number of fused-ring (bicyclic) bond motifs is 1. The van der Waals surface area contributed by atoms with Crippen molar-refractivity contribution >= 4 is 23.6 Å². The zero-order chi connectivity index (χ0) is 18.6. The van der Waals surface area contributed by atoms with Crippen LogP contribution in [-0.4, -0.2) is 11.5 Å². The fourth-order valence-corrected chi connectivity index (χ4v) is 3.62. The summed E-state index contributed by atoms with van der Waals surface area (Å²) in [6, 6.07) is 15.3. The summed E-state index contributed by atoms with van der Waals surface area (Å²) in [5.41, 5.74) is 1.62. The molecule has 0 bridgehead atoms. The number of benzene rings is 2. The first-order valence-corrected chi connectivity index (χ1v) is 9.46. The van der Waals surface area contributed by atoms with Gasteiger partial charge in [0.1, 0.15) is 11.4 Å². The average molecular weight is 370 g/mol. The lowest BCUT2D eigenvalue weighted by molar-refractivity contribution is -0.117. The summed E-state index contributed by atoms with van der Waals surface area (Å²) in [7, 11) is 0. The molecule has 0 radical (unpaired) electrons. The third-order valence-corrected chi connectivity index (χ3v) is 5.47. The van der Waals surface area contributed by atoms with Gasteiger partial charge in [0.05, 0.1) is 6.04 Å². The van der Waals surface area contributed by atoms with E-state index in [9.17, 15) is 4.79 Å². The van der Waals surface area contributed by atoms with Crippen molar-refractivity contribution in [1.82, 2.24) is 5.32 Å². The fraction of sp³-hybridized carbons (Fsp3) is 0.318. The van der Waals surface area contributed by atoms with Crippen molar-refractivity contribution in [3.8, 4) is 5.75 Å². The number of hydrogen-bond acceptors (Lipinski definition) is 2. The zero-order valence-corrected chi connectivity index (χ0v) is 15.9. The lowest BCUT2D eigenvalue weighted by Crippen LogP contribution is -2.44. The Bertz CT molecular complexity index is 811. The standard InChI is InChI=1S/C22H24ClNO2/c1-3-22(4-2)15-19(17-10-6-8-12-20(17)26-22)24-21(25)14-13-16-9-5-7-11-18(16)23/h5-14,19H,3-4,15H2,1-2H3,(H,24,25)/b14-13+/t19-/m0/s1. The summed E-state index contributed by atoms with van der Waals surface area (Å²) in [4.78, 5) is 12.5. The molecule has 1 heterocycles. The molecule has 1 amide bonds. The van der Waals surface area contributed by atoms with Crippen molar-refractivity contribution in [3.05, 3.63) is 70.8 Å². The van der Waals surface area contributed by atoms with Gasteiger partial charge in [-0.3, -0.25) is 4.79 Å². The number of carbonyl (C=O) groups excluding carboxylic acids is 1. The van der Waals surface area contributed by atoms with Crippen molar-refractivity contribution in [1.29, 1.82) is 0 Å². The van der Waals surface area contributed by atoms with Crippen LogP contribution in [0, 0.1) is 0 Å². The van der Waals surface area contributed by atoms with E-state index in [1.54, 1.807) is 12.2 Å². The van der Waals surface area contributed by atoms with Gasteiger partial charge in [-0.2, -0.15) is 0 Å². The largest absolute Gasteiger partial charge is 0.487 e. The number of ether oxygens (including phenoxy) is 1. The molecule has 0 aliphatic carbocycles. The number of para-hydroxylation sites is 1. The van der Waals surface area contributed by atoms with Crippen LogP contribution in [0.4, 0.5) is 0 Å². The van der Waals surface area contributed by atoms with Gasteiger partial charge in [-0.15, -0.1) is 0 Å². The van der Waals surface area contributed by atoms with Crippen LogP contribution >= 0.6 is 11.6 Å². The van der Waals surface area contributed by atoms with Crippen LogP contribution in [0.25, 0.3) is 6.08 Å². The average Bonchev–Trinajstić information content (AvgIpc) is 2.67. The molecule has 0 spiro atoms. The maximum absolute atomic E-state index is 12.5. The summed E-state index contributed by atoms with van der Waals surface area (Å²) in [5.74, 6) is 0.732. The summed E-state index contributed by atoms with van der Waals surface area (Å²) in [6.45, 7) is 4.27. The Morgan fingerprint density at radius 1 is 1.19 bits per heavy atom. The van der Waals surface area contributed by atoms with Crippen LogP contribution in [0.1, 0.15) is 50.3 Å². The molecule has 3 nitrogen and oxygen atoms in total. The highest BCUT2D eigenvalue weighted by Crippen LogP contribution is 2.42. The molecule has 0 unspecified atom stereocenters. The maximum Gasteiger partial charge on any atom is 0.244 e. The summed E-state index contributed by atoms with van der Waals surface area (Å²) in [5, 5.41) is 3.77. The van der Waals surface area contributed by atoms with Gasteiger partial charge in [0, 0.05) is 23.1 Å². The topological polar surface area (TPSA) is 38.3 Å². The Kier molecular flexibility index (Phi) is 5.67. The first kappa shape index (κ1) is 18.5. The van der Waals surface area contributed by atoms with Gasteiger partial charge in [-0.25, -0.2) is 0 Å². The Hall–Kier alpha value is -2.26. The van der Waals surface area contributed by atoms with Crippen molar-refractivity contribution in [3.63, 3.8) is 0 Å². The molecule has 0 aromatic heterocycles. The number of rotatable bonds is 5. The van der Waals surface area contributed by atoms with Crippen molar-refractivity contribution < 1.29 is 9.53 Å². The van der Waals surface area contributed by atoms with Gasteiger partial charge >= 0.3 is 0 Å². The van der Waals surface area contributed by atoms with Crippen LogP contribution in [0.5, 0.6) is 5.75 Å². The quantitative estimate of drug-likeness (QED) is 0.701. The van der Waals surface area contributed by atoms with Crippen molar-refractivity contribution in [2.45, 2.75) is 44.8 Å². The number of halogens is 1. The van der Waals surface area contributed by atoms with Gasteiger partial charge in [-0.05, 0) is 36.6 Å². The first-order chi connectivity index (χ1) is 12.6. The van der Waals surface area contributed by atoms with Crippen molar-refractivity contribution in [2.24, 2.45) is 0 Å². The second-order valence-electron chi connectivity index (χ2n) is 6.65. The van der Waals surface area contributed by atoms with E-state index >= 15 is 0 Å². The van der Waals surface area contributed by atoms with E-state index in [-0.39, 0.29) is 17.6 Å². The minimum absolute atomic E-state index is 0.0664. The van der Waals surface area contributed by atoms with Gasteiger partial charge in [0.25, 0.3) is 0 Å². The Labute approximate surface area is 160 Å². The highest BCUT2D eigenvalue weighted by molar-refractivity contribution is 6.32. The number of nitrogens with one attached hydrogen (secondary N) is 1. The highest BCUT2D eigenvalue weighted by atomic mass is 35.5. The summed E-state index contributed by atoms with van der Waals surface area (Å²) >= 11 is 6.14. The molecule has 0 saturated heterocycles. The second kappa shape index (κ2) is 7.96. The highest BCUT2D eigenvalue weighted by Gasteiger charge is 2.38. The number of hydrogen-bond donors (Lipinski definition) is 1. The monoisotopic (exact) mass is 369 g/mol. The summed E-state index contributed by atoms with van der Waals surface area (Å²) < 4.78 is 6.29. The van der Waals surface area contributed by atoms with E-state index in [1.807, 2.05) is 48.5 Å². The predicted molar refractivity (Wildman–Crippen MR) is 106 cm³/mol. The van der Waals surface area contributed by atoms with E-state index in [2.05, 4.69) is 19.2 Å². The van der Waals surface area contributed by atoms with Gasteiger partial charge in [0.15, 0.2) is 0 Å². The van der Waals surface area contributed by atoms with Crippen LogP contribution in [0.2, 0.25) is 5.02 Å².